The summed E-state index contributed by atoms with van der Waals surface area (Å²) in [5, 5.41) is 26.0. The number of likely N-dealkylation sites (tertiary alicyclic amines) is 1. The molecule has 1 aromatic carbocycles. The fourth-order valence-electron chi connectivity index (χ4n) is 4.15. The quantitative estimate of drug-likeness (QED) is 0.543. The second-order valence-electron chi connectivity index (χ2n) is 8.45. The number of phenolic OH excluding ortho intramolecular Hbond substituents is 1. The number of methoxy groups -OCH3 is 1. The number of hydrogen-bond donors (Lipinski definition) is 3. The van der Waals surface area contributed by atoms with Crippen LogP contribution in [0.15, 0.2) is 24.9 Å². The number of nitrogens with zero attached hydrogens (tertiary/aromatic N) is 4. The number of aromatic nitrogens is 2. The van der Waals surface area contributed by atoms with E-state index < -0.39 is 29.5 Å². The second kappa shape index (κ2) is 10.1. The van der Waals surface area contributed by atoms with E-state index in [-0.39, 0.29) is 55.2 Å². The molecule has 186 valence electrons. The minimum atomic E-state index is -1.64. The van der Waals surface area contributed by atoms with Gasteiger partial charge in [-0.1, -0.05) is 6.58 Å². The first kappa shape index (κ1) is 25.6. The SMILES string of the molecule is C=C(C)c1cc(F)c(CN2CCC(CC#N)(n3cc(C(N)=O)c(NC(=O)OC)n3)C(F)C2)cc1O. The number of aromatic hydroxyl groups is 1. The molecule has 0 saturated carbocycles. The molecule has 1 fully saturated rings. The maximum absolute atomic E-state index is 15.7. The molecular weight excluding hydrogens is 462 g/mol. The number of carbonyl (C=O) groups excluding carboxylic acids is 2. The maximum atomic E-state index is 15.7. The summed E-state index contributed by atoms with van der Waals surface area (Å²) in [6.45, 7) is 5.47. The third kappa shape index (κ3) is 5.09. The van der Waals surface area contributed by atoms with Gasteiger partial charge in [-0.05, 0) is 31.1 Å². The van der Waals surface area contributed by atoms with Crippen LogP contribution in [0.4, 0.5) is 19.4 Å². The average molecular weight is 488 g/mol. The van der Waals surface area contributed by atoms with Crippen molar-refractivity contribution >= 4 is 23.4 Å². The van der Waals surface area contributed by atoms with Gasteiger partial charge in [0.2, 0.25) is 0 Å². The Morgan fingerprint density at radius 3 is 2.74 bits per heavy atom. The van der Waals surface area contributed by atoms with E-state index in [0.29, 0.717) is 11.1 Å². The van der Waals surface area contributed by atoms with Crippen LogP contribution < -0.4 is 11.1 Å². The molecule has 2 heterocycles. The molecule has 1 aromatic heterocycles. The van der Waals surface area contributed by atoms with E-state index >= 15 is 4.39 Å². The van der Waals surface area contributed by atoms with Crippen molar-refractivity contribution in [2.75, 3.05) is 25.5 Å². The van der Waals surface area contributed by atoms with Gasteiger partial charge in [0.25, 0.3) is 5.91 Å². The Kier molecular flexibility index (Phi) is 7.40. The van der Waals surface area contributed by atoms with Crippen LogP contribution in [-0.4, -0.2) is 58.2 Å². The first-order chi connectivity index (χ1) is 16.5. The smallest absolute Gasteiger partial charge is 0.412 e. The highest BCUT2D eigenvalue weighted by Crippen LogP contribution is 2.37. The Morgan fingerprint density at radius 1 is 1.46 bits per heavy atom. The Balaban J connectivity index is 1.88. The van der Waals surface area contributed by atoms with Gasteiger partial charge in [-0.25, -0.2) is 13.6 Å². The first-order valence-electron chi connectivity index (χ1n) is 10.7. The molecule has 4 N–H and O–H groups in total. The molecule has 10 nitrogen and oxygen atoms in total. The minimum Gasteiger partial charge on any atom is -0.507 e. The third-order valence-corrected chi connectivity index (χ3v) is 6.11. The van der Waals surface area contributed by atoms with Crippen LogP contribution >= 0.6 is 0 Å². The molecule has 2 atom stereocenters. The molecule has 0 bridgehead atoms. The molecule has 2 aromatic rings. The summed E-state index contributed by atoms with van der Waals surface area (Å²) in [4.78, 5) is 25.1. The van der Waals surface area contributed by atoms with Crippen molar-refractivity contribution in [1.29, 1.82) is 5.26 Å². The molecule has 35 heavy (non-hydrogen) atoms. The van der Waals surface area contributed by atoms with Crippen LogP contribution in [0.25, 0.3) is 5.57 Å². The fourth-order valence-corrected chi connectivity index (χ4v) is 4.15. The van der Waals surface area contributed by atoms with Crippen molar-refractivity contribution < 1.29 is 28.2 Å². The number of hydrogen-bond acceptors (Lipinski definition) is 7. The number of ether oxygens (including phenoxy) is 1. The number of carbonyl (C=O) groups is 2. The number of rotatable bonds is 7. The van der Waals surface area contributed by atoms with Gasteiger partial charge in [0, 0.05) is 37.0 Å². The van der Waals surface area contributed by atoms with Gasteiger partial charge in [0.1, 0.15) is 28.8 Å². The largest absolute Gasteiger partial charge is 0.507 e. The number of anilines is 1. The lowest BCUT2D eigenvalue weighted by Crippen LogP contribution is -2.54. The molecule has 12 heteroatoms. The summed E-state index contributed by atoms with van der Waals surface area (Å²) < 4.78 is 36.0. The van der Waals surface area contributed by atoms with E-state index in [1.54, 1.807) is 11.8 Å². The van der Waals surface area contributed by atoms with Crippen molar-refractivity contribution in [3.8, 4) is 11.8 Å². The summed E-state index contributed by atoms with van der Waals surface area (Å²) in [6, 6.07) is 4.45. The highest BCUT2D eigenvalue weighted by molar-refractivity contribution is 6.00. The molecule has 1 aliphatic rings. The van der Waals surface area contributed by atoms with Crippen LogP contribution in [0.5, 0.6) is 5.75 Å². The van der Waals surface area contributed by atoms with Gasteiger partial charge in [-0.15, -0.1) is 0 Å². The Labute approximate surface area is 200 Å². The molecule has 0 aliphatic carbocycles. The highest BCUT2D eigenvalue weighted by Gasteiger charge is 2.46. The summed E-state index contributed by atoms with van der Waals surface area (Å²) in [5.74, 6) is -1.80. The zero-order valence-electron chi connectivity index (χ0n) is 19.3. The van der Waals surface area contributed by atoms with Crippen LogP contribution in [0.3, 0.4) is 0 Å². The number of nitrogens with two attached hydrogens (primary N) is 1. The van der Waals surface area contributed by atoms with Crippen LogP contribution in [-0.2, 0) is 16.8 Å². The number of nitriles is 1. The number of primary amides is 1. The molecule has 0 radical (unpaired) electrons. The molecule has 1 saturated heterocycles. The Morgan fingerprint density at radius 2 is 2.17 bits per heavy atom. The zero-order valence-corrected chi connectivity index (χ0v) is 19.3. The van der Waals surface area contributed by atoms with Crippen molar-refractivity contribution in [2.45, 2.75) is 38.0 Å². The van der Waals surface area contributed by atoms with E-state index in [4.69, 9.17) is 5.73 Å². The van der Waals surface area contributed by atoms with Crippen molar-refractivity contribution in [3.05, 3.63) is 47.4 Å². The summed E-state index contributed by atoms with van der Waals surface area (Å²) in [7, 11) is 1.12. The van der Waals surface area contributed by atoms with E-state index in [9.17, 15) is 24.3 Å². The third-order valence-electron chi connectivity index (χ3n) is 6.11. The molecular formula is C23H26F2N6O4. The average Bonchev–Trinajstić information content (AvgIpc) is 3.22. The predicted octanol–water partition coefficient (Wildman–Crippen LogP) is 2.89. The predicted molar refractivity (Wildman–Crippen MR) is 123 cm³/mol. The standard InChI is InChI=1S/C23H26F2N6O4/c1-13(2)15-9-17(24)14(8-18(15)32)10-30-7-5-23(4-6-26,19(25)12-30)31-11-16(20(27)33)21(29-31)28-22(34)35-3/h8-9,11,19,32H,1,4-5,7,10,12H2,2-3H3,(H2,27,33)(H,28,29,34). The van der Waals surface area contributed by atoms with E-state index in [1.807, 2.05) is 6.07 Å². The van der Waals surface area contributed by atoms with Crippen LogP contribution in [0.2, 0.25) is 0 Å². The lowest BCUT2D eigenvalue weighted by atomic mass is 9.83. The van der Waals surface area contributed by atoms with Crippen molar-refractivity contribution in [3.63, 3.8) is 0 Å². The highest BCUT2D eigenvalue weighted by atomic mass is 19.1. The van der Waals surface area contributed by atoms with Gasteiger partial charge in [0.05, 0.1) is 19.6 Å². The van der Waals surface area contributed by atoms with E-state index in [1.165, 1.54) is 18.3 Å². The summed E-state index contributed by atoms with van der Waals surface area (Å²) in [6.07, 6.45) is -1.53. The molecule has 1 aliphatic heterocycles. The molecule has 2 amide bonds. The van der Waals surface area contributed by atoms with Gasteiger partial charge >= 0.3 is 6.09 Å². The number of piperidine rings is 1. The van der Waals surface area contributed by atoms with Gasteiger partial charge < -0.3 is 15.6 Å². The number of phenols is 1. The normalized spacial score (nSPS) is 20.1. The van der Waals surface area contributed by atoms with E-state index in [0.717, 1.165) is 11.8 Å². The maximum Gasteiger partial charge on any atom is 0.412 e. The topological polar surface area (TPSA) is 146 Å². The number of benzene rings is 1. The summed E-state index contributed by atoms with van der Waals surface area (Å²) in [5.41, 5.74) is 4.75. The molecule has 2 unspecified atom stereocenters. The number of amides is 2. The summed E-state index contributed by atoms with van der Waals surface area (Å²) >= 11 is 0. The lowest BCUT2D eigenvalue weighted by molar-refractivity contribution is 0.00658. The molecule has 3 rings (SSSR count). The van der Waals surface area contributed by atoms with Gasteiger partial charge in [-0.3, -0.25) is 19.7 Å². The van der Waals surface area contributed by atoms with Crippen LogP contribution in [0, 0.1) is 17.1 Å². The first-order valence-corrected chi connectivity index (χ1v) is 10.7. The van der Waals surface area contributed by atoms with Crippen molar-refractivity contribution in [2.24, 2.45) is 5.73 Å². The molecule has 0 spiro atoms. The lowest BCUT2D eigenvalue weighted by Gasteiger charge is -2.43. The number of nitrogens with one attached hydrogen (secondary N) is 1. The zero-order chi connectivity index (χ0) is 25.9. The van der Waals surface area contributed by atoms with Crippen LogP contribution in [0.1, 0.15) is 41.3 Å². The fraction of sp³-hybridized carbons (Fsp3) is 0.391. The monoisotopic (exact) mass is 488 g/mol. The van der Waals surface area contributed by atoms with Crippen molar-refractivity contribution in [1.82, 2.24) is 14.7 Å². The van der Waals surface area contributed by atoms with Gasteiger partial charge in [0.15, 0.2) is 5.82 Å². The number of alkyl halides is 1. The Hall–Kier alpha value is -3.98. The Bertz CT molecular complexity index is 1210. The van der Waals surface area contributed by atoms with Gasteiger partial charge in [-0.2, -0.15) is 10.4 Å². The van der Waals surface area contributed by atoms with E-state index in [2.05, 4.69) is 21.7 Å². The minimum absolute atomic E-state index is 0.0275. The number of halogens is 2. The second-order valence-corrected chi connectivity index (χ2v) is 8.45. The number of allylic oxidation sites excluding steroid dienone is 1.